The summed E-state index contributed by atoms with van der Waals surface area (Å²) in [5.74, 6) is 0. The molecule has 0 radical (unpaired) electrons. The Labute approximate surface area is 131 Å². The van der Waals surface area contributed by atoms with E-state index in [0.29, 0.717) is 12.1 Å². The van der Waals surface area contributed by atoms with Gasteiger partial charge in [0.15, 0.2) is 19.7 Å². The van der Waals surface area contributed by atoms with Crippen molar-refractivity contribution in [2.24, 2.45) is 0 Å². The first-order valence-corrected chi connectivity index (χ1v) is 9.72. The molecule has 0 bridgehead atoms. The molecule has 0 fully saturated rings. The summed E-state index contributed by atoms with van der Waals surface area (Å²) < 4.78 is 140. The van der Waals surface area contributed by atoms with Crippen LogP contribution in [0.2, 0.25) is 0 Å². The average molecular weight is 419 g/mol. The molecule has 0 aliphatic rings. The van der Waals surface area contributed by atoms with Crippen molar-refractivity contribution in [1.82, 2.24) is 0 Å². The molecule has 0 aliphatic carbocycles. The molecule has 0 unspecified atom stereocenters. The molecule has 0 aromatic heterocycles. The molecule has 0 atom stereocenters. The van der Waals surface area contributed by atoms with Crippen molar-refractivity contribution in [2.45, 2.75) is 15.9 Å². The van der Waals surface area contributed by atoms with Gasteiger partial charge in [0, 0.05) is 4.90 Å². The summed E-state index contributed by atoms with van der Waals surface area (Å²) in [5.41, 5.74) is -13.2. The number of halogens is 6. The molecule has 0 N–H and O–H groups in total. The van der Waals surface area contributed by atoms with Crippen molar-refractivity contribution in [3.05, 3.63) is 34.2 Å². The predicted molar refractivity (Wildman–Crippen MR) is 66.8 cm³/mol. The van der Waals surface area contributed by atoms with Crippen LogP contribution in [0.3, 0.4) is 0 Å². The van der Waals surface area contributed by atoms with E-state index in [9.17, 15) is 51.6 Å². The van der Waals surface area contributed by atoms with Gasteiger partial charge in [-0.05, 0) is 12.1 Å². The van der Waals surface area contributed by atoms with Crippen molar-refractivity contribution in [2.75, 3.05) is 0 Å². The standard InChI is InChI=1S/C9H5F6O6S3/c10-8(11,12)23(18,19)7(24(20,21)9(13,14)15)22(16,17)6-4-2-1-3-5-6/h1-5H/q-1. The van der Waals surface area contributed by atoms with E-state index >= 15 is 0 Å². The highest BCUT2D eigenvalue weighted by molar-refractivity contribution is 8.29. The van der Waals surface area contributed by atoms with Gasteiger partial charge < -0.3 is 0 Å². The third-order valence-electron chi connectivity index (χ3n) is 2.32. The minimum atomic E-state index is -7.36. The van der Waals surface area contributed by atoms with Crippen molar-refractivity contribution in [1.29, 1.82) is 0 Å². The molecule has 15 heteroatoms. The Morgan fingerprint density at radius 3 is 1.29 bits per heavy atom. The number of benzene rings is 1. The van der Waals surface area contributed by atoms with Gasteiger partial charge in [-0.2, -0.15) is 26.3 Å². The Morgan fingerprint density at radius 2 is 1.00 bits per heavy atom. The molecule has 1 aromatic rings. The smallest absolute Gasteiger partial charge is 0.255 e. The van der Waals surface area contributed by atoms with Gasteiger partial charge in [-0.3, -0.25) is 25.3 Å². The van der Waals surface area contributed by atoms with Crippen LogP contribution in [0.25, 0.3) is 0 Å². The van der Waals surface area contributed by atoms with Crippen LogP contribution < -0.4 is 0 Å². The summed E-state index contributed by atoms with van der Waals surface area (Å²) in [6, 6.07) is 3.66. The number of alkyl halides is 6. The molecule has 6 nitrogen and oxygen atoms in total. The zero-order valence-corrected chi connectivity index (χ0v) is 13.3. The third-order valence-corrected chi connectivity index (χ3v) is 9.70. The third kappa shape index (κ3) is 3.37. The maximum atomic E-state index is 12.5. The van der Waals surface area contributed by atoms with Crippen molar-refractivity contribution in [3.63, 3.8) is 0 Å². The first kappa shape index (κ1) is 20.7. The fourth-order valence-corrected chi connectivity index (χ4v) is 7.58. The van der Waals surface area contributed by atoms with Crippen LogP contribution in [0, 0.1) is 3.91 Å². The fourth-order valence-electron chi connectivity index (χ4n) is 1.32. The normalized spacial score (nSPS) is 14.8. The highest BCUT2D eigenvalue weighted by atomic mass is 32.3. The lowest BCUT2D eigenvalue weighted by Crippen LogP contribution is -2.43. The molecule has 0 aliphatic heterocycles. The number of sulfone groups is 3. The zero-order chi connectivity index (χ0) is 19.2. The average Bonchev–Trinajstić information content (AvgIpc) is 2.36. The molecular formula is C9H5F6O6S3-. The van der Waals surface area contributed by atoms with Gasteiger partial charge in [0.2, 0.25) is 0 Å². The number of hydrogen-bond donors (Lipinski definition) is 0. The summed E-state index contributed by atoms with van der Waals surface area (Å²) in [4.78, 5) is -1.37. The number of rotatable bonds is 4. The Morgan fingerprint density at radius 1 is 0.667 bits per heavy atom. The van der Waals surface area contributed by atoms with Crippen molar-refractivity contribution < 1.29 is 51.6 Å². The summed E-state index contributed by atoms with van der Waals surface area (Å²) in [5, 5.41) is 0. The summed E-state index contributed by atoms with van der Waals surface area (Å²) in [7, 11) is -20.9. The first-order valence-electron chi connectivity index (χ1n) is 5.27. The zero-order valence-electron chi connectivity index (χ0n) is 10.8. The highest BCUT2D eigenvalue weighted by Gasteiger charge is 2.58. The van der Waals surface area contributed by atoms with E-state index in [2.05, 4.69) is 0 Å². The van der Waals surface area contributed by atoms with E-state index in [4.69, 9.17) is 0 Å². The first-order chi connectivity index (χ1) is 10.5. The van der Waals surface area contributed by atoms with Gasteiger partial charge in [-0.1, -0.05) is 18.2 Å². The van der Waals surface area contributed by atoms with Crippen LogP contribution >= 0.6 is 0 Å². The molecule has 0 saturated heterocycles. The van der Waals surface area contributed by atoms with Crippen LogP contribution in [0.5, 0.6) is 0 Å². The van der Waals surface area contributed by atoms with E-state index in [1.165, 1.54) is 0 Å². The van der Waals surface area contributed by atoms with Gasteiger partial charge in [-0.15, -0.1) is 0 Å². The van der Waals surface area contributed by atoms with Gasteiger partial charge in [-0.25, -0.2) is 0 Å². The highest BCUT2D eigenvalue weighted by Crippen LogP contribution is 2.45. The Kier molecular flexibility index (Phi) is 5.06. The Hall–Kier alpha value is -1.35. The molecule has 138 valence electrons. The summed E-state index contributed by atoms with van der Waals surface area (Å²) in [6.07, 6.45) is 0. The second-order valence-corrected chi connectivity index (χ2v) is 10.4. The van der Waals surface area contributed by atoms with Crippen LogP contribution in [-0.2, 0) is 29.5 Å². The lowest BCUT2D eigenvalue weighted by molar-refractivity contribution is -0.0449. The fraction of sp³-hybridized carbons (Fsp3) is 0.222. The maximum absolute atomic E-state index is 12.5. The van der Waals surface area contributed by atoms with Crippen LogP contribution in [0.1, 0.15) is 0 Å². The maximum Gasteiger partial charge on any atom is 0.470 e. The predicted octanol–water partition coefficient (Wildman–Crippen LogP) is 1.78. The van der Waals surface area contributed by atoms with Crippen molar-refractivity contribution >= 4 is 29.5 Å². The molecule has 0 amide bonds. The van der Waals surface area contributed by atoms with E-state index < -0.39 is 49.3 Å². The molecule has 24 heavy (non-hydrogen) atoms. The molecule has 1 rings (SSSR count). The second kappa shape index (κ2) is 5.87. The minimum Gasteiger partial charge on any atom is -0.255 e. The van der Waals surface area contributed by atoms with Gasteiger partial charge in [0.1, 0.15) is 0 Å². The molecule has 0 saturated carbocycles. The van der Waals surface area contributed by atoms with E-state index in [0.717, 1.165) is 18.2 Å². The minimum absolute atomic E-state index is 0.438. The Balaban J connectivity index is 3.91. The molecule has 0 spiro atoms. The van der Waals surface area contributed by atoms with Gasteiger partial charge in [0.25, 0.3) is 0 Å². The molecular weight excluding hydrogens is 414 g/mol. The van der Waals surface area contributed by atoms with Gasteiger partial charge in [0.05, 0.1) is 13.8 Å². The SMILES string of the molecule is O=S(=O)(c1ccccc1)[C-](S(=O)(=O)C(F)(F)F)S(=O)(=O)C(F)(F)F. The van der Waals surface area contributed by atoms with Crippen LogP contribution in [0.4, 0.5) is 26.3 Å². The molecule has 0 heterocycles. The van der Waals surface area contributed by atoms with E-state index in [1.807, 2.05) is 0 Å². The lowest BCUT2D eigenvalue weighted by atomic mass is 10.4. The largest absolute Gasteiger partial charge is 0.470 e. The second-order valence-electron chi connectivity index (χ2n) is 3.96. The monoisotopic (exact) mass is 419 g/mol. The summed E-state index contributed by atoms with van der Waals surface area (Å²) >= 11 is 0. The van der Waals surface area contributed by atoms with Crippen molar-refractivity contribution in [3.8, 4) is 0 Å². The lowest BCUT2D eigenvalue weighted by Gasteiger charge is -2.31. The topological polar surface area (TPSA) is 102 Å². The summed E-state index contributed by atoms with van der Waals surface area (Å²) in [6.45, 7) is 0. The molecule has 1 aromatic carbocycles. The van der Waals surface area contributed by atoms with Crippen LogP contribution in [0.15, 0.2) is 35.2 Å². The van der Waals surface area contributed by atoms with Crippen LogP contribution in [-0.4, -0.2) is 36.3 Å². The quantitative estimate of drug-likeness (QED) is 0.545. The Bertz CT molecular complexity index is 868. The van der Waals surface area contributed by atoms with E-state index in [1.54, 1.807) is 0 Å². The number of hydrogen-bond acceptors (Lipinski definition) is 6. The van der Waals surface area contributed by atoms with Gasteiger partial charge >= 0.3 is 11.0 Å². The van der Waals surface area contributed by atoms with E-state index in [-0.39, 0.29) is 0 Å².